The maximum atomic E-state index is 13.5. The van der Waals surface area contributed by atoms with Crippen LogP contribution in [0.25, 0.3) is 0 Å². The van der Waals surface area contributed by atoms with Crippen molar-refractivity contribution in [2.45, 2.75) is 12.7 Å². The molecule has 1 aliphatic heterocycles. The minimum atomic E-state index is -0.328. The molecule has 3 aromatic rings. The molecule has 0 saturated heterocycles. The first-order valence-corrected chi connectivity index (χ1v) is 8.18. The van der Waals surface area contributed by atoms with Crippen molar-refractivity contribution < 1.29 is 9.18 Å². The summed E-state index contributed by atoms with van der Waals surface area (Å²) in [6.07, 6.45) is -0.328. The Balaban J connectivity index is 1.70. The first kappa shape index (κ1) is 15.4. The van der Waals surface area contributed by atoms with E-state index in [9.17, 15) is 9.18 Å². The normalized spacial score (nSPS) is 16.0. The molecule has 0 unspecified atom stereocenters. The number of hydrogen-bond acceptors (Lipinski definition) is 2. The Labute approximate surface area is 145 Å². The van der Waals surface area contributed by atoms with Gasteiger partial charge >= 0.3 is 0 Å². The summed E-state index contributed by atoms with van der Waals surface area (Å²) in [5.41, 5.74) is 3.29. The van der Waals surface area contributed by atoms with Crippen LogP contribution >= 0.6 is 0 Å². The minimum absolute atomic E-state index is 0.0200. The Morgan fingerprint density at radius 2 is 1.68 bits per heavy atom. The number of halogens is 1. The van der Waals surface area contributed by atoms with Gasteiger partial charge < -0.3 is 10.2 Å². The van der Waals surface area contributed by atoms with E-state index >= 15 is 0 Å². The molecule has 1 heterocycles. The fourth-order valence-electron chi connectivity index (χ4n) is 3.21. The van der Waals surface area contributed by atoms with Crippen molar-refractivity contribution in [3.8, 4) is 0 Å². The van der Waals surface area contributed by atoms with Gasteiger partial charge in [0, 0.05) is 23.4 Å². The number of carbonyl (C=O) groups excluding carboxylic acids is 1. The number of amides is 1. The van der Waals surface area contributed by atoms with Crippen LogP contribution in [0.4, 0.5) is 10.1 Å². The van der Waals surface area contributed by atoms with Crippen LogP contribution < -0.4 is 5.32 Å². The standard InChI is InChI=1S/C21H17FN2O/c22-16-9-6-10-17(13-16)23-20-18-11-4-5-12-19(18)21(25)24(20)14-15-7-2-1-3-8-15/h1-13,20,23H,14H2/t20-/m1/s1. The van der Waals surface area contributed by atoms with Crippen molar-refractivity contribution in [2.24, 2.45) is 0 Å². The molecule has 0 spiro atoms. The van der Waals surface area contributed by atoms with Gasteiger partial charge in [0.05, 0.1) is 0 Å². The van der Waals surface area contributed by atoms with Crippen molar-refractivity contribution in [3.63, 3.8) is 0 Å². The number of carbonyl (C=O) groups is 1. The van der Waals surface area contributed by atoms with Crippen LogP contribution in [0.2, 0.25) is 0 Å². The van der Waals surface area contributed by atoms with Crippen molar-refractivity contribution in [1.29, 1.82) is 0 Å². The van der Waals surface area contributed by atoms with Gasteiger partial charge in [0.25, 0.3) is 5.91 Å². The Hall–Kier alpha value is -3.14. The molecule has 3 nitrogen and oxygen atoms in total. The van der Waals surface area contributed by atoms with Crippen LogP contribution in [0.5, 0.6) is 0 Å². The van der Waals surface area contributed by atoms with Crippen molar-refractivity contribution in [1.82, 2.24) is 4.90 Å². The molecule has 0 aromatic heterocycles. The molecule has 124 valence electrons. The lowest BCUT2D eigenvalue weighted by atomic mass is 10.1. The zero-order chi connectivity index (χ0) is 17.2. The fourth-order valence-corrected chi connectivity index (χ4v) is 3.21. The van der Waals surface area contributed by atoms with Crippen molar-refractivity contribution in [3.05, 3.63) is 101 Å². The molecule has 0 saturated carbocycles. The number of anilines is 1. The highest BCUT2D eigenvalue weighted by Gasteiger charge is 2.36. The average molecular weight is 332 g/mol. The molecule has 1 N–H and O–H groups in total. The van der Waals surface area contributed by atoms with Crippen LogP contribution in [0.1, 0.15) is 27.7 Å². The van der Waals surface area contributed by atoms with Gasteiger partial charge in [0.15, 0.2) is 0 Å². The van der Waals surface area contributed by atoms with Gasteiger partial charge in [-0.15, -0.1) is 0 Å². The molecular formula is C21H17FN2O. The van der Waals surface area contributed by atoms with Crippen LogP contribution in [0.3, 0.4) is 0 Å². The van der Waals surface area contributed by atoms with Crippen LogP contribution in [-0.2, 0) is 6.54 Å². The van der Waals surface area contributed by atoms with Gasteiger partial charge in [-0.05, 0) is 29.8 Å². The monoisotopic (exact) mass is 332 g/mol. The summed E-state index contributed by atoms with van der Waals surface area (Å²) in [6.45, 7) is 0.487. The van der Waals surface area contributed by atoms with E-state index in [0.29, 0.717) is 17.8 Å². The van der Waals surface area contributed by atoms with Gasteiger partial charge in [-0.2, -0.15) is 0 Å². The van der Waals surface area contributed by atoms with E-state index in [1.807, 2.05) is 54.6 Å². The first-order valence-electron chi connectivity index (χ1n) is 8.18. The number of nitrogens with one attached hydrogen (secondary N) is 1. The summed E-state index contributed by atoms with van der Waals surface area (Å²) in [5, 5.41) is 3.30. The largest absolute Gasteiger partial charge is 0.361 e. The van der Waals surface area contributed by atoms with Gasteiger partial charge in [-0.3, -0.25) is 4.79 Å². The molecule has 0 bridgehead atoms. The fraction of sp³-hybridized carbons (Fsp3) is 0.0952. The van der Waals surface area contributed by atoms with E-state index in [-0.39, 0.29) is 17.9 Å². The second kappa shape index (κ2) is 6.40. The first-order chi connectivity index (χ1) is 12.2. The van der Waals surface area contributed by atoms with Gasteiger partial charge in [0.2, 0.25) is 0 Å². The predicted molar refractivity (Wildman–Crippen MR) is 95.5 cm³/mol. The SMILES string of the molecule is O=C1c2ccccc2[C@H](Nc2cccc(F)c2)N1Cc1ccccc1. The summed E-state index contributed by atoms with van der Waals surface area (Å²) in [4.78, 5) is 14.7. The molecule has 25 heavy (non-hydrogen) atoms. The van der Waals surface area contributed by atoms with Crippen LogP contribution in [-0.4, -0.2) is 10.8 Å². The maximum Gasteiger partial charge on any atom is 0.256 e. The molecule has 1 atom stereocenters. The maximum absolute atomic E-state index is 13.5. The molecule has 0 aliphatic carbocycles. The van der Waals surface area contributed by atoms with Gasteiger partial charge in [-0.1, -0.05) is 54.6 Å². The molecule has 3 aromatic carbocycles. The Kier molecular flexibility index (Phi) is 3.94. The number of benzene rings is 3. The number of hydrogen-bond donors (Lipinski definition) is 1. The lowest BCUT2D eigenvalue weighted by Crippen LogP contribution is -2.31. The van der Waals surface area contributed by atoms with E-state index in [4.69, 9.17) is 0 Å². The Morgan fingerprint density at radius 3 is 2.48 bits per heavy atom. The number of nitrogens with zero attached hydrogens (tertiary/aromatic N) is 1. The lowest BCUT2D eigenvalue weighted by molar-refractivity contribution is 0.0729. The highest BCUT2D eigenvalue weighted by Crippen LogP contribution is 2.35. The average Bonchev–Trinajstić information content (AvgIpc) is 2.89. The van der Waals surface area contributed by atoms with E-state index in [0.717, 1.165) is 11.1 Å². The number of rotatable bonds is 4. The molecule has 0 radical (unpaired) electrons. The topological polar surface area (TPSA) is 32.3 Å². The summed E-state index contributed by atoms with van der Waals surface area (Å²) >= 11 is 0. The van der Waals surface area contributed by atoms with Crippen LogP contribution in [0, 0.1) is 5.82 Å². The van der Waals surface area contributed by atoms with Crippen molar-refractivity contribution >= 4 is 11.6 Å². The molecular weight excluding hydrogens is 315 g/mol. The van der Waals surface area contributed by atoms with Crippen LogP contribution in [0.15, 0.2) is 78.9 Å². The van der Waals surface area contributed by atoms with Gasteiger partial charge in [-0.25, -0.2) is 4.39 Å². The zero-order valence-electron chi connectivity index (χ0n) is 13.5. The smallest absolute Gasteiger partial charge is 0.256 e. The molecule has 1 amide bonds. The third-order valence-corrected chi connectivity index (χ3v) is 4.38. The van der Waals surface area contributed by atoms with Crippen molar-refractivity contribution in [2.75, 3.05) is 5.32 Å². The summed E-state index contributed by atoms with van der Waals surface area (Å²) < 4.78 is 13.5. The third kappa shape index (κ3) is 2.98. The molecule has 4 rings (SSSR count). The summed E-state index contributed by atoms with van der Waals surface area (Å²) in [7, 11) is 0. The summed E-state index contributed by atoms with van der Waals surface area (Å²) in [6, 6.07) is 23.7. The molecule has 0 fully saturated rings. The Morgan fingerprint density at radius 1 is 0.920 bits per heavy atom. The van der Waals surface area contributed by atoms with E-state index in [1.165, 1.54) is 12.1 Å². The van der Waals surface area contributed by atoms with E-state index in [2.05, 4.69) is 5.32 Å². The molecule has 1 aliphatic rings. The quantitative estimate of drug-likeness (QED) is 0.758. The minimum Gasteiger partial charge on any atom is -0.361 e. The Bertz CT molecular complexity index is 911. The van der Waals surface area contributed by atoms with Gasteiger partial charge in [0.1, 0.15) is 12.0 Å². The second-order valence-electron chi connectivity index (χ2n) is 6.06. The number of fused-ring (bicyclic) bond motifs is 1. The highest BCUT2D eigenvalue weighted by molar-refractivity contribution is 5.99. The second-order valence-corrected chi connectivity index (χ2v) is 6.06. The lowest BCUT2D eigenvalue weighted by Gasteiger charge is -2.27. The predicted octanol–water partition coefficient (Wildman–Crippen LogP) is 4.59. The van der Waals surface area contributed by atoms with E-state index in [1.54, 1.807) is 17.0 Å². The zero-order valence-corrected chi connectivity index (χ0v) is 13.5. The molecule has 4 heteroatoms. The third-order valence-electron chi connectivity index (χ3n) is 4.38. The highest BCUT2D eigenvalue weighted by atomic mass is 19.1. The van der Waals surface area contributed by atoms with E-state index < -0.39 is 0 Å². The summed E-state index contributed by atoms with van der Waals surface area (Å²) in [5.74, 6) is -0.328.